The van der Waals surface area contributed by atoms with Crippen LogP contribution in [-0.4, -0.2) is 79.8 Å². The number of hydrogen-bond donors (Lipinski definition) is 5. The Morgan fingerprint density at radius 1 is 1.32 bits per heavy atom. The fourth-order valence-corrected chi connectivity index (χ4v) is 4.05. The number of aromatic amines is 1. The summed E-state index contributed by atoms with van der Waals surface area (Å²) in [4.78, 5) is 45.7. The van der Waals surface area contributed by atoms with Crippen LogP contribution in [0.2, 0.25) is 0 Å². The molecule has 21 heteroatoms. The van der Waals surface area contributed by atoms with E-state index < -0.39 is 56.7 Å². The van der Waals surface area contributed by atoms with E-state index in [0.29, 0.717) is 0 Å². The minimum Gasteiger partial charge on any atom is -0.369 e. The van der Waals surface area contributed by atoms with Crippen molar-refractivity contribution < 1.29 is 78.4 Å². The Morgan fingerprint density at radius 3 is 2.44 bits per heavy atom. The topological polar surface area (TPSA) is 249 Å². The zero-order valence-corrected chi connectivity index (χ0v) is 23.7. The van der Waals surface area contributed by atoms with Crippen LogP contribution in [0.25, 0.3) is 11.2 Å². The molecule has 0 bridgehead atoms. The molecule has 1 fully saturated rings. The third-order valence-corrected chi connectivity index (χ3v) is 6.20. The number of H-pyrrole nitrogens is 1. The van der Waals surface area contributed by atoms with Gasteiger partial charge in [0.15, 0.2) is 11.2 Å². The number of nitrogen functional groups attached to an aromatic ring is 1. The van der Waals surface area contributed by atoms with Gasteiger partial charge in [-0.15, -0.1) is 0 Å². The summed E-state index contributed by atoms with van der Waals surface area (Å²) in [6.07, 6.45) is -1.60. The third kappa shape index (κ3) is 7.95. The number of anilines is 1. The van der Waals surface area contributed by atoms with Crippen molar-refractivity contribution in [3.05, 3.63) is 16.7 Å². The molecule has 0 amide bonds. The summed E-state index contributed by atoms with van der Waals surface area (Å²) in [6, 6.07) is 0. The van der Waals surface area contributed by atoms with Crippen molar-refractivity contribution in [2.75, 3.05) is 26.4 Å². The summed E-state index contributed by atoms with van der Waals surface area (Å²) in [7, 11) is -7.89. The Morgan fingerprint density at radius 2 is 1.91 bits per heavy atom. The van der Waals surface area contributed by atoms with E-state index in [1.807, 2.05) is 0 Å². The van der Waals surface area contributed by atoms with E-state index in [2.05, 4.69) is 15.0 Å². The fraction of sp³-hybridized carbons (Fsp3) is 0.615. The first-order valence-corrected chi connectivity index (χ1v) is 12.9. The summed E-state index contributed by atoms with van der Waals surface area (Å²) in [5.41, 5.74) is 5.21. The average Bonchev–Trinajstić information content (AvgIpc) is 3.21. The van der Waals surface area contributed by atoms with Gasteiger partial charge in [0, 0.05) is 52.7 Å². The van der Waals surface area contributed by atoms with Crippen LogP contribution >= 0.6 is 16.5 Å². The predicted octanol–water partition coefficient (Wildman–Crippen LogP) is -1.82. The summed E-state index contributed by atoms with van der Waals surface area (Å²) in [6.45, 7) is 1.27. The van der Waals surface area contributed by atoms with E-state index in [4.69, 9.17) is 38.4 Å². The van der Waals surface area contributed by atoms with E-state index >= 15 is 0 Å². The maximum absolute atomic E-state index is 12.2. The molecule has 0 aromatic carbocycles. The van der Waals surface area contributed by atoms with Crippen molar-refractivity contribution >= 4 is 43.9 Å². The van der Waals surface area contributed by atoms with E-state index in [1.165, 1.54) is 25.0 Å². The second kappa shape index (κ2) is 13.1. The molecule has 2 aromatic heterocycles. The number of nitrogens with one attached hydrogen (secondary N) is 1. The summed E-state index contributed by atoms with van der Waals surface area (Å²) in [5, 5.41) is 0. The number of hydrogen-bond acceptors (Lipinski definition) is 11. The van der Waals surface area contributed by atoms with Gasteiger partial charge in [0.25, 0.3) is 5.56 Å². The first-order chi connectivity index (χ1) is 15.2. The number of imidazole rings is 1. The van der Waals surface area contributed by atoms with E-state index in [1.54, 1.807) is 6.92 Å². The van der Waals surface area contributed by atoms with Crippen LogP contribution in [0.5, 0.6) is 0 Å². The molecule has 1 aliphatic rings. The van der Waals surface area contributed by atoms with Crippen LogP contribution in [0.1, 0.15) is 13.2 Å². The van der Waals surface area contributed by atoms with Crippen LogP contribution < -0.4 is 11.3 Å². The van der Waals surface area contributed by atoms with Crippen LogP contribution in [0.4, 0.5) is 5.95 Å². The van der Waals surface area contributed by atoms with Gasteiger partial charge in [-0.25, -0.2) is 4.98 Å². The molecule has 6 N–H and O–H groups in total. The second-order valence-electron chi connectivity index (χ2n) is 6.86. The van der Waals surface area contributed by atoms with Crippen LogP contribution in [0.3, 0.4) is 0 Å². The Hall–Kier alpha value is -0.616. The average molecular weight is 623 g/mol. The number of nitrogens with zero attached hydrogens (tertiary/aromatic N) is 4. The maximum atomic E-state index is 12.2. The minimum atomic E-state index is -4.08. The van der Waals surface area contributed by atoms with E-state index in [9.17, 15) is 17.8 Å². The SMILES string of the molecule is CC1C(OS(=O)(=O)N(C)C)[C@@H](CO[PH](=O)O)O[C@H]1n1cnc2c(=O)[nH]c(N)nc21.O=[PH](O)O.[Y]. The van der Waals surface area contributed by atoms with Gasteiger partial charge in [-0.05, 0) is 0 Å². The molecule has 3 unspecified atom stereocenters. The Bertz CT molecular complexity index is 1190. The molecule has 1 saturated heterocycles. The molecule has 0 aliphatic carbocycles. The van der Waals surface area contributed by atoms with Gasteiger partial charge in [0.05, 0.1) is 12.9 Å². The summed E-state index contributed by atoms with van der Waals surface area (Å²) < 4.78 is 62.3. The molecule has 0 spiro atoms. The van der Waals surface area contributed by atoms with Gasteiger partial charge in [0.2, 0.25) is 5.95 Å². The zero-order valence-electron chi connectivity index (χ0n) is 18.1. The van der Waals surface area contributed by atoms with Gasteiger partial charge in [-0.1, -0.05) is 6.92 Å². The first-order valence-electron chi connectivity index (χ1n) is 9.00. The van der Waals surface area contributed by atoms with Gasteiger partial charge in [-0.3, -0.25) is 27.7 Å². The van der Waals surface area contributed by atoms with Gasteiger partial charge >= 0.3 is 26.8 Å². The monoisotopic (exact) mass is 623 g/mol. The van der Waals surface area contributed by atoms with Crippen molar-refractivity contribution in [2.45, 2.75) is 25.4 Å². The van der Waals surface area contributed by atoms with Gasteiger partial charge in [-0.2, -0.15) is 17.7 Å². The molecule has 34 heavy (non-hydrogen) atoms. The number of nitrogens with two attached hydrogens (primary N) is 1. The molecule has 2 aromatic rings. The Balaban J connectivity index is 0.00000107. The van der Waals surface area contributed by atoms with Crippen molar-refractivity contribution in [3.63, 3.8) is 0 Å². The van der Waals surface area contributed by atoms with Crippen molar-refractivity contribution in [1.29, 1.82) is 0 Å². The van der Waals surface area contributed by atoms with Crippen molar-refractivity contribution in [3.8, 4) is 0 Å². The molecule has 1 aliphatic heterocycles. The molecular weight excluding hydrogens is 599 g/mol. The van der Waals surface area contributed by atoms with E-state index in [-0.39, 0.29) is 56.4 Å². The fourth-order valence-electron chi connectivity index (χ4n) is 2.99. The van der Waals surface area contributed by atoms with Crippen LogP contribution in [-0.2, 0) is 65.6 Å². The maximum Gasteiger partial charge on any atom is 0.338 e. The Labute approximate surface area is 219 Å². The van der Waals surface area contributed by atoms with E-state index in [0.717, 1.165) is 4.31 Å². The molecule has 0 saturated carbocycles. The minimum absolute atomic E-state index is 0. The molecule has 1 radical (unpaired) electrons. The summed E-state index contributed by atoms with van der Waals surface area (Å²) in [5.74, 6) is -0.726. The second-order valence-corrected chi connectivity index (χ2v) is 10.0. The Kier molecular flexibility index (Phi) is 12.1. The number of fused-ring (bicyclic) bond motifs is 1. The molecule has 5 atom stereocenters. The molecule has 191 valence electrons. The first kappa shape index (κ1) is 31.4. The van der Waals surface area contributed by atoms with Gasteiger partial charge < -0.3 is 29.7 Å². The quantitative estimate of drug-likeness (QED) is 0.213. The molecular formula is C13H24N6O11P2SY. The summed E-state index contributed by atoms with van der Waals surface area (Å²) >= 11 is 0. The van der Waals surface area contributed by atoms with Crippen molar-refractivity contribution in [1.82, 2.24) is 23.8 Å². The standard InChI is InChI=1S/C13H21N6O8PS.H3O3P.Y/c1-6-9(27-29(23,24)18(2)3)7(4-25-28(21)22)26-12(6)19-5-15-8-10(19)16-13(14)17-11(8)20;1-4(2)3;/h5-7,9,12,28H,4H2,1-3H3,(H,21,22)(H3,14,16,17,20);4H,(H2,1,2,3);/t6?,7-,9?,12-;;/m1../s1. The predicted molar refractivity (Wildman–Crippen MR) is 114 cm³/mol. The number of ether oxygens (including phenoxy) is 1. The van der Waals surface area contributed by atoms with Crippen LogP contribution in [0, 0.1) is 5.92 Å². The normalized spacial score (nSPS) is 23.5. The number of aromatic nitrogens is 4. The molecule has 3 rings (SSSR count). The molecule has 17 nitrogen and oxygen atoms in total. The molecule has 3 heterocycles. The third-order valence-electron chi connectivity index (χ3n) is 4.42. The van der Waals surface area contributed by atoms with Crippen LogP contribution in [0.15, 0.2) is 11.1 Å². The zero-order chi connectivity index (χ0) is 25.1. The largest absolute Gasteiger partial charge is 0.369 e. The number of rotatable bonds is 7. The van der Waals surface area contributed by atoms with Gasteiger partial charge in [0.1, 0.15) is 18.4 Å². The van der Waals surface area contributed by atoms with Crippen molar-refractivity contribution in [2.24, 2.45) is 5.92 Å². The smallest absolute Gasteiger partial charge is 0.338 e.